The van der Waals surface area contributed by atoms with Gasteiger partial charge in [-0.1, -0.05) is 86.2 Å². The molecule has 3 N–H and O–H groups in total. The lowest BCUT2D eigenvalue weighted by Gasteiger charge is -2.59. The van der Waals surface area contributed by atoms with Gasteiger partial charge in [0.2, 0.25) is 11.7 Å². The largest absolute Gasteiger partial charge is 0.459 e. The first-order valence-corrected chi connectivity index (χ1v) is 21.3. The first-order chi connectivity index (χ1) is 27.8. The second-order valence-corrected chi connectivity index (χ2v) is 16.1. The lowest BCUT2D eigenvalue weighted by Crippen LogP contribution is -2.69. The molecule has 1 aliphatic heterocycles. The number of hydrogen-bond acceptors (Lipinski definition) is 9. The van der Waals surface area contributed by atoms with Gasteiger partial charge < -0.3 is 39.5 Å². The molecule has 3 aliphatic carbocycles. The van der Waals surface area contributed by atoms with Gasteiger partial charge in [-0.2, -0.15) is 0 Å². The lowest BCUT2D eigenvalue weighted by molar-refractivity contribution is -0.255. The predicted octanol–water partition coefficient (Wildman–Crippen LogP) is 8.06. The van der Waals surface area contributed by atoms with E-state index in [2.05, 4.69) is 18.0 Å². The van der Waals surface area contributed by atoms with E-state index in [1.807, 2.05) is 61.3 Å². The Morgan fingerprint density at radius 3 is 2.51 bits per heavy atom. The summed E-state index contributed by atoms with van der Waals surface area (Å²) in [5.41, 5.74) is 3.61. The van der Waals surface area contributed by atoms with Crippen LogP contribution in [0.1, 0.15) is 107 Å². The number of rotatable bonds is 20. The Morgan fingerprint density at radius 2 is 1.79 bits per heavy atom. The van der Waals surface area contributed by atoms with Gasteiger partial charge in [-0.3, -0.25) is 4.79 Å². The molecule has 2 amide bonds. The van der Waals surface area contributed by atoms with E-state index in [1.165, 1.54) is 25.7 Å². The predicted molar refractivity (Wildman–Crippen MR) is 220 cm³/mol. The van der Waals surface area contributed by atoms with Gasteiger partial charge in [-0.05, 0) is 86.1 Å². The fraction of sp³-hybridized carbons (Fsp3) is 0.587. The van der Waals surface area contributed by atoms with Gasteiger partial charge in [0.1, 0.15) is 24.1 Å². The van der Waals surface area contributed by atoms with Gasteiger partial charge in [0, 0.05) is 51.1 Å². The number of carbonyl (C=O) groups is 2. The molecule has 6 atom stereocenters. The summed E-state index contributed by atoms with van der Waals surface area (Å²) in [6.45, 7) is 6.97. The zero-order chi connectivity index (χ0) is 40.2. The van der Waals surface area contributed by atoms with Crippen LogP contribution in [0, 0.1) is 23.7 Å². The Bertz CT molecular complexity index is 1710. The molecule has 11 nitrogen and oxygen atoms in total. The maximum atomic E-state index is 14.3. The number of likely N-dealkylation sites (N-methyl/N-ethyl adjacent to an activating group) is 1. The van der Waals surface area contributed by atoms with Crippen LogP contribution in [0.25, 0.3) is 0 Å². The highest BCUT2D eigenvalue weighted by atomic mass is 16.7. The average molecular weight is 786 g/mol. The van der Waals surface area contributed by atoms with Gasteiger partial charge in [0.15, 0.2) is 0 Å². The SMILES string of the molecule is C=CCO[C@@]12Oc3ccc(OC(=O)NCC)cc3[C@H]3[C@H](CCCCO)[C@@H](CCCCO)C=C(C(=NOCc4ccccc4)C[C@@H]1N(C)C(=O)CCC1CCCC1)[C@H]32. The maximum Gasteiger partial charge on any atom is 0.412 e. The first-order valence-electron chi connectivity index (χ1n) is 21.3. The van der Waals surface area contributed by atoms with Crippen molar-refractivity contribution in [3.05, 3.63) is 84.0 Å². The number of nitrogens with one attached hydrogen (secondary N) is 1. The normalized spacial score (nSPS) is 25.8. The van der Waals surface area contributed by atoms with Crippen LogP contribution in [0.3, 0.4) is 0 Å². The zero-order valence-corrected chi connectivity index (χ0v) is 33.9. The van der Waals surface area contributed by atoms with Crippen LogP contribution in [0.5, 0.6) is 11.5 Å². The average Bonchev–Trinajstić information content (AvgIpc) is 3.75. The van der Waals surface area contributed by atoms with Crippen molar-refractivity contribution >= 4 is 17.7 Å². The quantitative estimate of drug-likeness (QED) is 0.0697. The number of fused-ring (bicyclic) bond motifs is 2. The van der Waals surface area contributed by atoms with Crippen LogP contribution in [0.4, 0.5) is 4.79 Å². The number of aliphatic hydroxyl groups is 2. The Hall–Kier alpha value is -4.19. The Balaban J connectivity index is 1.51. The molecule has 0 unspecified atom stereocenters. The lowest BCUT2D eigenvalue weighted by atomic mass is 9.55. The van der Waals surface area contributed by atoms with Crippen LogP contribution in [-0.2, 0) is 21.0 Å². The number of allylic oxidation sites excluding steroid dienone is 1. The van der Waals surface area contributed by atoms with Crippen molar-refractivity contribution in [2.45, 2.75) is 115 Å². The van der Waals surface area contributed by atoms with Gasteiger partial charge in [0.25, 0.3) is 0 Å². The minimum absolute atomic E-state index is 0.0410. The molecule has 310 valence electrons. The molecule has 2 aromatic rings. The highest BCUT2D eigenvalue weighted by molar-refractivity contribution is 6.03. The molecule has 2 saturated carbocycles. The summed E-state index contributed by atoms with van der Waals surface area (Å²) in [6, 6.07) is 14.9. The molecular weight excluding hydrogens is 723 g/mol. The third-order valence-electron chi connectivity index (χ3n) is 12.5. The molecular formula is C46H63N3O8. The van der Waals surface area contributed by atoms with Crippen molar-refractivity contribution < 1.29 is 38.9 Å². The van der Waals surface area contributed by atoms with E-state index in [-0.39, 0.29) is 50.1 Å². The van der Waals surface area contributed by atoms with E-state index in [0.717, 1.165) is 54.5 Å². The molecule has 6 rings (SSSR count). The second kappa shape index (κ2) is 20.5. The molecule has 0 bridgehead atoms. The minimum Gasteiger partial charge on any atom is -0.459 e. The van der Waals surface area contributed by atoms with Gasteiger partial charge in [0.05, 0.1) is 18.2 Å². The molecule has 2 aromatic carbocycles. The molecule has 1 heterocycles. The van der Waals surface area contributed by atoms with E-state index in [0.29, 0.717) is 49.6 Å². The molecule has 0 radical (unpaired) electrons. The second-order valence-electron chi connectivity index (χ2n) is 16.1. The van der Waals surface area contributed by atoms with Crippen molar-refractivity contribution in [3.8, 4) is 11.5 Å². The number of unbranched alkanes of at least 4 members (excludes halogenated alkanes) is 2. The number of oxime groups is 1. The van der Waals surface area contributed by atoms with Crippen LogP contribution in [-0.4, -0.2) is 78.1 Å². The summed E-state index contributed by atoms with van der Waals surface area (Å²) < 4.78 is 20.0. The smallest absolute Gasteiger partial charge is 0.412 e. The van der Waals surface area contributed by atoms with Gasteiger partial charge >= 0.3 is 6.09 Å². The zero-order valence-electron chi connectivity index (χ0n) is 33.9. The number of hydrogen-bond donors (Lipinski definition) is 3. The van der Waals surface area contributed by atoms with Gasteiger partial charge in [-0.15, -0.1) is 6.58 Å². The highest BCUT2D eigenvalue weighted by Gasteiger charge is 2.65. The van der Waals surface area contributed by atoms with E-state index in [4.69, 9.17) is 24.2 Å². The summed E-state index contributed by atoms with van der Waals surface area (Å²) in [5, 5.41) is 27.3. The van der Waals surface area contributed by atoms with Crippen LogP contribution in [0.2, 0.25) is 0 Å². The maximum absolute atomic E-state index is 14.3. The highest BCUT2D eigenvalue weighted by Crippen LogP contribution is 2.62. The Labute approximate surface area is 338 Å². The number of nitrogens with zero attached hydrogens (tertiary/aromatic N) is 2. The van der Waals surface area contributed by atoms with Crippen molar-refractivity contribution in [1.29, 1.82) is 0 Å². The minimum atomic E-state index is -1.32. The molecule has 11 heteroatoms. The van der Waals surface area contributed by atoms with Gasteiger partial charge in [-0.25, -0.2) is 4.79 Å². The van der Waals surface area contributed by atoms with Crippen LogP contribution < -0.4 is 14.8 Å². The van der Waals surface area contributed by atoms with E-state index in [9.17, 15) is 19.8 Å². The standard InChI is InChI=1S/C46H63N3O8/c1-4-27-54-46-41(49(3)42(52)24-21-32-15-9-10-16-32)30-39(48-55-31-33-17-7-6-8-18-33)37-28-34(19-11-13-25-50)36(20-12-14-26-51)43(44(37)46)38-29-35(22-23-40(38)57-46)56-45(53)47-5-2/h4,6-8,17-18,22-23,28-29,32,34,36,41,43-44,50-51H,1,5,9-16,19-21,24-27,30-31H2,2-3H3,(H,47,53)/t34-,36+,41-,43+,44+,46+/m0/s1. The van der Waals surface area contributed by atoms with Crippen molar-refractivity contribution in [1.82, 2.24) is 10.2 Å². The number of ether oxygens (including phenoxy) is 3. The van der Waals surface area contributed by atoms with E-state index < -0.39 is 23.8 Å². The molecule has 57 heavy (non-hydrogen) atoms. The van der Waals surface area contributed by atoms with Crippen molar-refractivity contribution in [3.63, 3.8) is 0 Å². The fourth-order valence-corrected chi connectivity index (χ4v) is 9.81. The van der Waals surface area contributed by atoms with Crippen molar-refractivity contribution in [2.75, 3.05) is 33.4 Å². The summed E-state index contributed by atoms with van der Waals surface area (Å²) in [5.74, 6) is -0.188. The monoisotopic (exact) mass is 785 g/mol. The van der Waals surface area contributed by atoms with Crippen LogP contribution in [0.15, 0.2) is 78.0 Å². The fourth-order valence-electron chi connectivity index (χ4n) is 9.81. The topological polar surface area (TPSA) is 139 Å². The third kappa shape index (κ3) is 9.92. The molecule has 0 saturated heterocycles. The Morgan fingerprint density at radius 1 is 1.04 bits per heavy atom. The van der Waals surface area contributed by atoms with Crippen LogP contribution >= 0.6 is 0 Å². The van der Waals surface area contributed by atoms with E-state index >= 15 is 0 Å². The molecule has 0 spiro atoms. The number of benzene rings is 2. The van der Waals surface area contributed by atoms with Crippen molar-refractivity contribution in [2.24, 2.45) is 28.8 Å². The summed E-state index contributed by atoms with van der Waals surface area (Å²) in [7, 11) is 1.87. The summed E-state index contributed by atoms with van der Waals surface area (Å²) >= 11 is 0. The number of amides is 2. The summed E-state index contributed by atoms with van der Waals surface area (Å²) in [6.07, 6.45) is 14.6. The first kappa shape index (κ1) is 42.4. The number of carbonyl (C=O) groups excluding carboxylic acids is 2. The third-order valence-corrected chi connectivity index (χ3v) is 12.5. The molecule has 2 fully saturated rings. The summed E-state index contributed by atoms with van der Waals surface area (Å²) in [4.78, 5) is 35.0. The molecule has 0 aromatic heterocycles. The number of aliphatic hydroxyl groups excluding tert-OH is 2. The molecule has 4 aliphatic rings. The Kier molecular flexibility index (Phi) is 15.2. The van der Waals surface area contributed by atoms with E-state index in [1.54, 1.807) is 12.1 Å².